The first kappa shape index (κ1) is 20.0. The lowest BCUT2D eigenvalue weighted by Crippen LogP contribution is -2.37. The molecule has 0 saturated carbocycles. The van der Waals surface area contributed by atoms with Gasteiger partial charge in [0.15, 0.2) is 0 Å². The number of aromatic nitrogens is 2. The quantitative estimate of drug-likeness (QED) is 0.741. The normalized spacial score (nSPS) is 14.8. The Morgan fingerprint density at radius 2 is 1.93 bits per heavy atom. The summed E-state index contributed by atoms with van der Waals surface area (Å²) in [5, 5.41) is 2.88. The Labute approximate surface area is 165 Å². The molecule has 1 aliphatic rings. The average Bonchev–Trinajstić information content (AvgIpc) is 2.65. The third kappa shape index (κ3) is 5.90. The zero-order chi connectivity index (χ0) is 19.9. The minimum atomic E-state index is -0.334. The van der Waals surface area contributed by atoms with Crippen molar-refractivity contribution in [3.8, 4) is 5.75 Å². The second kappa shape index (κ2) is 9.48. The van der Waals surface area contributed by atoms with Gasteiger partial charge in [0.2, 0.25) is 11.9 Å². The van der Waals surface area contributed by atoms with Gasteiger partial charge in [-0.05, 0) is 50.8 Å². The van der Waals surface area contributed by atoms with E-state index in [4.69, 9.17) is 4.74 Å². The predicted octanol–water partition coefficient (Wildman–Crippen LogP) is 3.03. The zero-order valence-electron chi connectivity index (χ0n) is 16.4. The summed E-state index contributed by atoms with van der Waals surface area (Å²) in [5.41, 5.74) is 1.95. The number of piperidine rings is 1. The Balaban J connectivity index is 1.35. The lowest BCUT2D eigenvalue weighted by molar-refractivity contribution is -0.122. The van der Waals surface area contributed by atoms with E-state index in [2.05, 4.69) is 20.2 Å². The maximum Gasteiger partial charge on any atom is 0.225 e. The highest BCUT2D eigenvalue weighted by Crippen LogP contribution is 2.23. The predicted molar refractivity (Wildman–Crippen MR) is 106 cm³/mol. The Hall–Kier alpha value is -2.70. The standard InChI is InChI=1S/C21H27FN4O2/c1-15-12-16(2)25-21(24-15)26-9-6-17(7-10-26)13-20(27)23-8-11-28-19-5-3-4-18(22)14-19/h3-5,12,14,17H,6-11,13H2,1-2H3,(H,23,27). The number of nitrogens with zero attached hydrogens (tertiary/aromatic N) is 3. The number of rotatable bonds is 7. The molecule has 7 heteroatoms. The van der Waals surface area contributed by atoms with E-state index in [1.165, 1.54) is 12.1 Å². The van der Waals surface area contributed by atoms with Gasteiger partial charge in [0.1, 0.15) is 18.2 Å². The van der Waals surface area contributed by atoms with Gasteiger partial charge in [-0.3, -0.25) is 4.79 Å². The molecule has 0 radical (unpaired) electrons. The number of hydrogen-bond donors (Lipinski definition) is 1. The topological polar surface area (TPSA) is 67.4 Å². The summed E-state index contributed by atoms with van der Waals surface area (Å²) in [5.74, 6) is 1.32. The number of carbonyl (C=O) groups excluding carboxylic acids is 1. The summed E-state index contributed by atoms with van der Waals surface area (Å²) in [6.45, 7) is 6.41. The molecular formula is C21H27FN4O2. The van der Waals surface area contributed by atoms with Crippen molar-refractivity contribution in [1.82, 2.24) is 15.3 Å². The van der Waals surface area contributed by atoms with E-state index in [1.807, 2.05) is 19.9 Å². The maximum absolute atomic E-state index is 13.1. The lowest BCUT2D eigenvalue weighted by atomic mass is 9.93. The van der Waals surface area contributed by atoms with Gasteiger partial charge in [0, 0.05) is 37.0 Å². The molecule has 1 saturated heterocycles. The number of nitrogens with one attached hydrogen (secondary N) is 1. The average molecular weight is 386 g/mol. The van der Waals surface area contributed by atoms with Gasteiger partial charge >= 0.3 is 0 Å². The van der Waals surface area contributed by atoms with E-state index < -0.39 is 0 Å². The summed E-state index contributed by atoms with van der Waals surface area (Å²) < 4.78 is 18.5. The first-order valence-electron chi connectivity index (χ1n) is 9.72. The van der Waals surface area contributed by atoms with Crippen LogP contribution in [0.25, 0.3) is 0 Å². The van der Waals surface area contributed by atoms with Gasteiger partial charge in [-0.25, -0.2) is 14.4 Å². The van der Waals surface area contributed by atoms with Gasteiger partial charge in [-0.15, -0.1) is 0 Å². The Morgan fingerprint density at radius 1 is 1.21 bits per heavy atom. The molecule has 1 aromatic carbocycles. The van der Waals surface area contributed by atoms with Crippen molar-refractivity contribution in [2.24, 2.45) is 5.92 Å². The Bertz CT molecular complexity index is 786. The summed E-state index contributed by atoms with van der Waals surface area (Å²) in [6, 6.07) is 7.96. The monoisotopic (exact) mass is 386 g/mol. The molecule has 28 heavy (non-hydrogen) atoms. The second-order valence-corrected chi connectivity index (χ2v) is 7.24. The molecule has 1 N–H and O–H groups in total. The van der Waals surface area contributed by atoms with Crippen LogP contribution in [-0.4, -0.2) is 42.1 Å². The fourth-order valence-corrected chi connectivity index (χ4v) is 3.44. The van der Waals surface area contributed by atoms with Crippen molar-refractivity contribution in [1.29, 1.82) is 0 Å². The third-order valence-electron chi connectivity index (χ3n) is 4.83. The molecule has 2 heterocycles. The van der Waals surface area contributed by atoms with Crippen molar-refractivity contribution >= 4 is 11.9 Å². The highest BCUT2D eigenvalue weighted by atomic mass is 19.1. The van der Waals surface area contributed by atoms with Crippen LogP contribution in [0.1, 0.15) is 30.7 Å². The van der Waals surface area contributed by atoms with E-state index in [0.717, 1.165) is 43.3 Å². The summed E-state index contributed by atoms with van der Waals surface area (Å²) in [6.07, 6.45) is 2.41. The fraction of sp³-hybridized carbons (Fsp3) is 0.476. The molecule has 2 aromatic rings. The summed E-state index contributed by atoms with van der Waals surface area (Å²) in [7, 11) is 0. The second-order valence-electron chi connectivity index (χ2n) is 7.24. The number of hydrogen-bond acceptors (Lipinski definition) is 5. The minimum absolute atomic E-state index is 0.0314. The van der Waals surface area contributed by atoms with Gasteiger partial charge < -0.3 is 15.0 Å². The number of ether oxygens (including phenoxy) is 1. The molecule has 0 aliphatic carbocycles. The van der Waals surface area contributed by atoms with Crippen molar-refractivity contribution < 1.29 is 13.9 Å². The number of benzene rings is 1. The van der Waals surface area contributed by atoms with Crippen LogP contribution in [0.5, 0.6) is 5.75 Å². The number of halogens is 1. The van der Waals surface area contributed by atoms with E-state index in [9.17, 15) is 9.18 Å². The molecule has 0 unspecified atom stereocenters. The smallest absolute Gasteiger partial charge is 0.225 e. The number of carbonyl (C=O) groups is 1. The minimum Gasteiger partial charge on any atom is -0.492 e. The fourth-order valence-electron chi connectivity index (χ4n) is 3.44. The molecule has 1 aromatic heterocycles. The van der Waals surface area contributed by atoms with Gasteiger partial charge in [-0.2, -0.15) is 0 Å². The first-order valence-corrected chi connectivity index (χ1v) is 9.72. The maximum atomic E-state index is 13.1. The molecule has 0 spiro atoms. The van der Waals surface area contributed by atoms with Crippen LogP contribution >= 0.6 is 0 Å². The molecule has 1 amide bonds. The highest BCUT2D eigenvalue weighted by Gasteiger charge is 2.23. The summed E-state index contributed by atoms with van der Waals surface area (Å²) in [4.78, 5) is 23.4. The molecular weight excluding hydrogens is 359 g/mol. The first-order chi connectivity index (χ1) is 13.5. The van der Waals surface area contributed by atoms with E-state index in [-0.39, 0.29) is 11.7 Å². The van der Waals surface area contributed by atoms with Gasteiger partial charge in [0.05, 0.1) is 6.54 Å². The Morgan fingerprint density at radius 3 is 2.61 bits per heavy atom. The molecule has 6 nitrogen and oxygen atoms in total. The SMILES string of the molecule is Cc1cc(C)nc(N2CCC(CC(=O)NCCOc3cccc(F)c3)CC2)n1. The lowest BCUT2D eigenvalue weighted by Gasteiger charge is -2.32. The van der Waals surface area contributed by atoms with Crippen molar-refractivity contribution in [2.45, 2.75) is 33.1 Å². The van der Waals surface area contributed by atoms with Crippen LogP contribution in [0.4, 0.5) is 10.3 Å². The van der Waals surface area contributed by atoms with E-state index in [0.29, 0.717) is 31.2 Å². The van der Waals surface area contributed by atoms with Crippen LogP contribution in [0.15, 0.2) is 30.3 Å². The number of amides is 1. The van der Waals surface area contributed by atoms with Crippen LogP contribution in [-0.2, 0) is 4.79 Å². The Kier molecular flexibility index (Phi) is 6.79. The van der Waals surface area contributed by atoms with Crippen LogP contribution < -0.4 is 15.0 Å². The molecule has 1 aliphatic heterocycles. The molecule has 1 fully saturated rings. The van der Waals surface area contributed by atoms with Crippen molar-refractivity contribution in [2.75, 3.05) is 31.1 Å². The summed E-state index contributed by atoms with van der Waals surface area (Å²) >= 11 is 0. The molecule has 150 valence electrons. The third-order valence-corrected chi connectivity index (χ3v) is 4.83. The van der Waals surface area contributed by atoms with Crippen LogP contribution in [0, 0.1) is 25.6 Å². The van der Waals surface area contributed by atoms with E-state index >= 15 is 0 Å². The van der Waals surface area contributed by atoms with Gasteiger partial charge in [-0.1, -0.05) is 6.07 Å². The number of aryl methyl sites for hydroxylation is 2. The molecule has 0 bridgehead atoms. The number of anilines is 1. The van der Waals surface area contributed by atoms with Crippen LogP contribution in [0.3, 0.4) is 0 Å². The largest absolute Gasteiger partial charge is 0.492 e. The van der Waals surface area contributed by atoms with Crippen molar-refractivity contribution in [3.05, 3.63) is 47.5 Å². The molecule has 3 rings (SSSR count). The van der Waals surface area contributed by atoms with Crippen LogP contribution in [0.2, 0.25) is 0 Å². The highest BCUT2D eigenvalue weighted by molar-refractivity contribution is 5.76. The van der Waals surface area contributed by atoms with Crippen molar-refractivity contribution in [3.63, 3.8) is 0 Å². The zero-order valence-corrected chi connectivity index (χ0v) is 16.4. The van der Waals surface area contributed by atoms with E-state index in [1.54, 1.807) is 12.1 Å². The van der Waals surface area contributed by atoms with Gasteiger partial charge in [0.25, 0.3) is 0 Å². The molecule has 0 atom stereocenters.